The van der Waals surface area contributed by atoms with Gasteiger partial charge in [0.2, 0.25) is 0 Å². The van der Waals surface area contributed by atoms with Gasteiger partial charge in [0.1, 0.15) is 0 Å². The van der Waals surface area contributed by atoms with Gasteiger partial charge in [0.05, 0.1) is 0 Å². The van der Waals surface area contributed by atoms with Crippen molar-refractivity contribution in [3.8, 4) is 11.8 Å². The van der Waals surface area contributed by atoms with E-state index in [2.05, 4.69) is 62.1 Å². The van der Waals surface area contributed by atoms with Crippen LogP contribution in [0.15, 0.2) is 36.4 Å². The lowest BCUT2D eigenvalue weighted by Crippen LogP contribution is -2.17. The second-order valence-electron chi connectivity index (χ2n) is 9.71. The second kappa shape index (κ2) is 12.3. The Morgan fingerprint density at radius 3 is 1.86 bits per heavy atom. The molecule has 0 nitrogen and oxygen atoms in total. The van der Waals surface area contributed by atoms with Crippen LogP contribution in [-0.2, 0) is 6.42 Å². The molecule has 0 aliphatic heterocycles. The highest BCUT2D eigenvalue weighted by molar-refractivity contribution is 5.38. The topological polar surface area (TPSA) is 0 Å². The Bertz CT molecular complexity index is 652. The van der Waals surface area contributed by atoms with Gasteiger partial charge in [-0.1, -0.05) is 95.3 Å². The predicted molar refractivity (Wildman–Crippen MR) is 127 cm³/mol. The second-order valence-corrected chi connectivity index (χ2v) is 9.71. The van der Waals surface area contributed by atoms with Gasteiger partial charge in [-0.05, 0) is 79.5 Å². The molecule has 0 aromatic heterocycles. The third kappa shape index (κ3) is 7.70. The van der Waals surface area contributed by atoms with Crippen LogP contribution >= 0.6 is 0 Å². The maximum atomic E-state index is 3.28. The molecule has 29 heavy (non-hydrogen) atoms. The molecule has 0 atom stereocenters. The van der Waals surface area contributed by atoms with Crippen LogP contribution in [0.25, 0.3) is 0 Å². The normalized spacial score (nSPS) is 27.5. The highest BCUT2D eigenvalue weighted by Crippen LogP contribution is 2.37. The number of aryl methyl sites for hydroxylation is 1. The highest BCUT2D eigenvalue weighted by atomic mass is 14.3. The van der Waals surface area contributed by atoms with Crippen molar-refractivity contribution in [2.24, 2.45) is 23.7 Å². The van der Waals surface area contributed by atoms with Crippen molar-refractivity contribution in [3.05, 3.63) is 47.5 Å². The molecular formula is C29H42. The number of hydrogen-bond acceptors (Lipinski definition) is 0. The molecule has 1 aromatic rings. The zero-order chi connectivity index (χ0) is 20.3. The molecule has 2 aliphatic carbocycles. The van der Waals surface area contributed by atoms with E-state index >= 15 is 0 Å². The molecule has 0 N–H and O–H groups in total. The van der Waals surface area contributed by atoms with Crippen molar-refractivity contribution in [1.82, 2.24) is 0 Å². The summed E-state index contributed by atoms with van der Waals surface area (Å²) >= 11 is 0. The van der Waals surface area contributed by atoms with Crippen LogP contribution in [0.3, 0.4) is 0 Å². The lowest BCUT2D eigenvalue weighted by atomic mass is 9.75. The van der Waals surface area contributed by atoms with Crippen LogP contribution < -0.4 is 0 Å². The molecule has 0 heterocycles. The van der Waals surface area contributed by atoms with Gasteiger partial charge in [-0.2, -0.15) is 0 Å². The monoisotopic (exact) mass is 390 g/mol. The average Bonchev–Trinajstić information content (AvgIpc) is 2.78. The van der Waals surface area contributed by atoms with Gasteiger partial charge in [0.25, 0.3) is 0 Å². The summed E-state index contributed by atoms with van der Waals surface area (Å²) in [5, 5.41) is 0. The summed E-state index contributed by atoms with van der Waals surface area (Å²) < 4.78 is 0. The lowest BCUT2D eigenvalue weighted by Gasteiger charge is -2.31. The minimum absolute atomic E-state index is 0.757. The van der Waals surface area contributed by atoms with E-state index in [9.17, 15) is 0 Å². The molecule has 0 heteroatoms. The van der Waals surface area contributed by atoms with Crippen molar-refractivity contribution in [3.63, 3.8) is 0 Å². The fraction of sp³-hybridized carbons (Fsp3) is 0.655. The summed E-state index contributed by atoms with van der Waals surface area (Å²) in [5.74, 6) is 10.4. The lowest BCUT2D eigenvalue weighted by molar-refractivity contribution is 0.221. The summed E-state index contributed by atoms with van der Waals surface area (Å²) in [6.45, 7) is 4.53. The molecule has 0 bridgehead atoms. The van der Waals surface area contributed by atoms with Gasteiger partial charge in [0, 0.05) is 5.56 Å². The fourth-order valence-electron chi connectivity index (χ4n) is 5.49. The van der Waals surface area contributed by atoms with Crippen LogP contribution in [0.1, 0.15) is 102 Å². The summed E-state index contributed by atoms with van der Waals surface area (Å²) in [6, 6.07) is 8.65. The molecule has 2 aliphatic rings. The van der Waals surface area contributed by atoms with E-state index in [1.807, 2.05) is 0 Å². The number of hydrogen-bond donors (Lipinski definition) is 0. The Morgan fingerprint density at radius 2 is 1.31 bits per heavy atom. The maximum absolute atomic E-state index is 3.28. The molecule has 0 radical (unpaired) electrons. The zero-order valence-corrected chi connectivity index (χ0v) is 19.0. The number of rotatable bonds is 7. The first-order chi connectivity index (χ1) is 14.3. The Hall–Kier alpha value is -1.48. The highest BCUT2D eigenvalue weighted by Gasteiger charge is 2.23. The van der Waals surface area contributed by atoms with Crippen LogP contribution in [-0.4, -0.2) is 0 Å². The molecule has 1 aromatic carbocycles. The molecule has 2 fully saturated rings. The number of benzene rings is 1. The Labute approximate surface area is 180 Å². The summed E-state index contributed by atoms with van der Waals surface area (Å²) in [6.07, 6.45) is 23.1. The minimum atomic E-state index is 0.757. The smallest absolute Gasteiger partial charge is 0.0249 e. The first-order valence-corrected chi connectivity index (χ1v) is 12.5. The third-order valence-corrected chi connectivity index (χ3v) is 7.57. The maximum Gasteiger partial charge on any atom is 0.0249 e. The molecule has 0 saturated heterocycles. The van der Waals surface area contributed by atoms with Gasteiger partial charge in [-0.15, -0.1) is 0 Å². The molecule has 3 rings (SSSR count). The van der Waals surface area contributed by atoms with E-state index in [0.29, 0.717) is 0 Å². The van der Waals surface area contributed by atoms with E-state index in [4.69, 9.17) is 0 Å². The SMILES string of the molecule is CCCC1CCC(CCC2CCC(C=CC#Cc3ccc(CC)cc3)CC2)CC1. The van der Waals surface area contributed by atoms with E-state index in [0.717, 1.165) is 35.7 Å². The van der Waals surface area contributed by atoms with Gasteiger partial charge in [-0.25, -0.2) is 0 Å². The molecular weight excluding hydrogens is 348 g/mol. The van der Waals surface area contributed by atoms with Gasteiger partial charge in [0.15, 0.2) is 0 Å². The molecule has 0 amide bonds. The summed E-state index contributed by atoms with van der Waals surface area (Å²) in [4.78, 5) is 0. The van der Waals surface area contributed by atoms with Crippen molar-refractivity contribution in [2.75, 3.05) is 0 Å². The van der Waals surface area contributed by atoms with E-state index in [1.165, 1.54) is 82.6 Å². The molecule has 0 spiro atoms. The minimum Gasteiger partial charge on any atom is -0.0730 e. The van der Waals surface area contributed by atoms with Crippen molar-refractivity contribution >= 4 is 0 Å². The van der Waals surface area contributed by atoms with Gasteiger partial charge < -0.3 is 0 Å². The van der Waals surface area contributed by atoms with Crippen molar-refractivity contribution in [2.45, 2.75) is 97.3 Å². The van der Waals surface area contributed by atoms with E-state index < -0.39 is 0 Å². The zero-order valence-electron chi connectivity index (χ0n) is 19.0. The Balaban J connectivity index is 1.31. The fourth-order valence-corrected chi connectivity index (χ4v) is 5.49. The van der Waals surface area contributed by atoms with Crippen molar-refractivity contribution in [1.29, 1.82) is 0 Å². The third-order valence-electron chi connectivity index (χ3n) is 7.57. The van der Waals surface area contributed by atoms with Crippen molar-refractivity contribution < 1.29 is 0 Å². The molecule has 158 valence electrons. The van der Waals surface area contributed by atoms with Gasteiger partial charge in [-0.3, -0.25) is 0 Å². The van der Waals surface area contributed by atoms with E-state index in [1.54, 1.807) is 0 Å². The summed E-state index contributed by atoms with van der Waals surface area (Å²) in [5.41, 5.74) is 2.51. The quantitative estimate of drug-likeness (QED) is 0.410. The largest absolute Gasteiger partial charge is 0.0730 e. The van der Waals surface area contributed by atoms with Crippen LogP contribution in [0.5, 0.6) is 0 Å². The molecule has 2 saturated carbocycles. The first-order valence-electron chi connectivity index (χ1n) is 12.5. The predicted octanol–water partition coefficient (Wildman–Crippen LogP) is 8.35. The first kappa shape index (κ1) is 22.2. The van der Waals surface area contributed by atoms with E-state index in [-0.39, 0.29) is 0 Å². The number of allylic oxidation sites excluding steroid dienone is 2. The van der Waals surface area contributed by atoms with Gasteiger partial charge >= 0.3 is 0 Å². The van der Waals surface area contributed by atoms with Crippen LogP contribution in [0.2, 0.25) is 0 Å². The van der Waals surface area contributed by atoms with Crippen LogP contribution in [0.4, 0.5) is 0 Å². The average molecular weight is 391 g/mol. The van der Waals surface area contributed by atoms with Crippen LogP contribution in [0, 0.1) is 35.5 Å². The Morgan fingerprint density at radius 1 is 0.759 bits per heavy atom. The molecule has 0 unspecified atom stereocenters. The summed E-state index contributed by atoms with van der Waals surface area (Å²) in [7, 11) is 0. The Kier molecular flexibility index (Phi) is 9.40. The standard InChI is InChI=1S/C29H42/c1-3-7-25-14-18-28(19-15-25)22-23-29-20-16-27(17-21-29)9-6-5-8-26-12-10-24(4-2)11-13-26/h6,9-13,25,27-29H,3-4,7,14-23H2,1-2H3.